The molecule has 14 heavy (non-hydrogen) atoms. The summed E-state index contributed by atoms with van der Waals surface area (Å²) in [6.45, 7) is 3.29. The summed E-state index contributed by atoms with van der Waals surface area (Å²) >= 11 is 0. The van der Waals surface area contributed by atoms with E-state index in [4.69, 9.17) is 0 Å². The van der Waals surface area contributed by atoms with E-state index in [9.17, 15) is 4.79 Å². The van der Waals surface area contributed by atoms with Gasteiger partial charge in [0.2, 0.25) is 0 Å². The Morgan fingerprint density at radius 2 is 2.43 bits per heavy atom. The lowest BCUT2D eigenvalue weighted by atomic mass is 10.2. The van der Waals surface area contributed by atoms with Crippen LogP contribution in [0.3, 0.4) is 0 Å². The molecule has 0 saturated carbocycles. The number of hydrogen-bond acceptors (Lipinski definition) is 3. The van der Waals surface area contributed by atoms with Gasteiger partial charge in [0, 0.05) is 24.3 Å². The van der Waals surface area contributed by atoms with Crippen molar-refractivity contribution in [2.45, 2.75) is 25.8 Å². The first-order chi connectivity index (χ1) is 6.81. The normalized spacial score (nSPS) is 21.2. The summed E-state index contributed by atoms with van der Waals surface area (Å²) in [5.74, 6) is 0.987. The zero-order valence-corrected chi connectivity index (χ0v) is 8.31. The molecule has 0 unspecified atom stereocenters. The van der Waals surface area contributed by atoms with Crippen molar-refractivity contribution in [3.63, 3.8) is 0 Å². The van der Waals surface area contributed by atoms with E-state index in [0.29, 0.717) is 11.6 Å². The Balaban J connectivity index is 2.19. The van der Waals surface area contributed by atoms with Gasteiger partial charge in [0.25, 0.3) is 0 Å². The minimum absolute atomic E-state index is 0.574. The number of carbonyl (C=O) groups is 1. The molecule has 0 N–H and O–H groups in total. The maximum Gasteiger partial charge on any atom is 0.151 e. The molecule has 1 aromatic rings. The molecular weight excluding hydrogens is 176 g/mol. The van der Waals surface area contributed by atoms with Gasteiger partial charge < -0.3 is 4.90 Å². The Hall–Kier alpha value is -1.38. The summed E-state index contributed by atoms with van der Waals surface area (Å²) in [4.78, 5) is 17.0. The largest absolute Gasteiger partial charge is 0.354 e. The second kappa shape index (κ2) is 3.78. The van der Waals surface area contributed by atoms with Crippen LogP contribution >= 0.6 is 0 Å². The van der Waals surface area contributed by atoms with Crippen LogP contribution in [0.5, 0.6) is 0 Å². The number of hydrogen-bond donors (Lipinski definition) is 0. The summed E-state index contributed by atoms with van der Waals surface area (Å²) in [5.41, 5.74) is 0.639. The number of nitrogens with zero attached hydrogens (tertiary/aromatic N) is 2. The number of aldehydes is 1. The summed E-state index contributed by atoms with van der Waals surface area (Å²) in [7, 11) is 0. The Kier molecular flexibility index (Phi) is 2.48. The molecular formula is C11H14N2O. The third-order valence-electron chi connectivity index (χ3n) is 2.75. The van der Waals surface area contributed by atoms with E-state index >= 15 is 0 Å². The molecule has 1 saturated heterocycles. The summed E-state index contributed by atoms with van der Waals surface area (Å²) in [6, 6.07) is 4.32. The highest BCUT2D eigenvalue weighted by Gasteiger charge is 2.20. The van der Waals surface area contributed by atoms with Crippen molar-refractivity contribution in [1.82, 2.24) is 4.98 Å². The number of anilines is 1. The van der Waals surface area contributed by atoms with Gasteiger partial charge in [-0.25, -0.2) is 4.98 Å². The standard InChI is InChI=1S/C11H14N2O/c1-9-3-2-6-13(9)11-5-4-10(8-14)7-12-11/h4-5,7-9H,2-3,6H2,1H3/t9-/m0/s1. The van der Waals surface area contributed by atoms with Gasteiger partial charge in [-0.05, 0) is 31.9 Å². The van der Waals surface area contributed by atoms with Crippen molar-refractivity contribution in [2.24, 2.45) is 0 Å². The van der Waals surface area contributed by atoms with E-state index in [1.807, 2.05) is 12.1 Å². The van der Waals surface area contributed by atoms with Crippen LogP contribution in [0.2, 0.25) is 0 Å². The summed E-state index contributed by atoms with van der Waals surface area (Å²) in [5, 5.41) is 0. The van der Waals surface area contributed by atoms with Crippen molar-refractivity contribution in [1.29, 1.82) is 0 Å². The molecule has 0 spiro atoms. The summed E-state index contributed by atoms with van der Waals surface area (Å²) in [6.07, 6.45) is 4.92. The molecule has 1 aromatic heterocycles. The molecule has 0 aromatic carbocycles. The predicted octanol–water partition coefficient (Wildman–Crippen LogP) is 1.88. The third kappa shape index (κ3) is 1.62. The number of aromatic nitrogens is 1. The number of pyridine rings is 1. The fraction of sp³-hybridized carbons (Fsp3) is 0.455. The van der Waals surface area contributed by atoms with E-state index in [1.165, 1.54) is 12.8 Å². The molecule has 0 amide bonds. The van der Waals surface area contributed by atoms with Crippen molar-refractivity contribution in [3.8, 4) is 0 Å². The Labute approximate surface area is 83.8 Å². The Morgan fingerprint density at radius 1 is 1.57 bits per heavy atom. The molecule has 1 aliphatic heterocycles. The highest BCUT2D eigenvalue weighted by Crippen LogP contribution is 2.22. The van der Waals surface area contributed by atoms with E-state index in [2.05, 4.69) is 16.8 Å². The van der Waals surface area contributed by atoms with Gasteiger partial charge >= 0.3 is 0 Å². The van der Waals surface area contributed by atoms with Crippen LogP contribution < -0.4 is 4.90 Å². The molecule has 2 rings (SSSR count). The molecule has 2 heterocycles. The molecule has 0 aliphatic carbocycles. The number of carbonyl (C=O) groups excluding carboxylic acids is 1. The van der Waals surface area contributed by atoms with Crippen LogP contribution in [-0.2, 0) is 0 Å². The third-order valence-corrected chi connectivity index (χ3v) is 2.75. The molecule has 3 heteroatoms. The maximum absolute atomic E-state index is 10.4. The van der Waals surface area contributed by atoms with Crippen LogP contribution in [0.1, 0.15) is 30.1 Å². The summed E-state index contributed by atoms with van der Waals surface area (Å²) < 4.78 is 0. The highest BCUT2D eigenvalue weighted by atomic mass is 16.1. The van der Waals surface area contributed by atoms with E-state index < -0.39 is 0 Å². The van der Waals surface area contributed by atoms with Crippen molar-refractivity contribution < 1.29 is 4.79 Å². The van der Waals surface area contributed by atoms with Gasteiger partial charge in [-0.3, -0.25) is 4.79 Å². The van der Waals surface area contributed by atoms with E-state index in [1.54, 1.807) is 6.20 Å². The highest BCUT2D eigenvalue weighted by molar-refractivity contribution is 5.74. The lowest BCUT2D eigenvalue weighted by Gasteiger charge is -2.22. The van der Waals surface area contributed by atoms with Crippen LogP contribution in [0.4, 0.5) is 5.82 Å². The van der Waals surface area contributed by atoms with Crippen LogP contribution in [-0.4, -0.2) is 23.9 Å². The van der Waals surface area contributed by atoms with Gasteiger partial charge in [0.1, 0.15) is 5.82 Å². The quantitative estimate of drug-likeness (QED) is 0.668. The van der Waals surface area contributed by atoms with Crippen LogP contribution in [0.15, 0.2) is 18.3 Å². The zero-order chi connectivity index (χ0) is 9.97. The Morgan fingerprint density at radius 3 is 2.93 bits per heavy atom. The topological polar surface area (TPSA) is 33.2 Å². The fourth-order valence-electron chi connectivity index (χ4n) is 1.91. The van der Waals surface area contributed by atoms with Gasteiger partial charge in [-0.2, -0.15) is 0 Å². The molecule has 1 fully saturated rings. The first kappa shape index (κ1) is 9.19. The first-order valence-electron chi connectivity index (χ1n) is 4.99. The van der Waals surface area contributed by atoms with Crippen LogP contribution in [0.25, 0.3) is 0 Å². The SMILES string of the molecule is C[C@H]1CCCN1c1ccc(C=O)cn1. The Bertz CT molecular complexity index is 321. The number of rotatable bonds is 2. The molecule has 74 valence electrons. The van der Waals surface area contributed by atoms with Crippen molar-refractivity contribution in [2.75, 3.05) is 11.4 Å². The molecule has 0 bridgehead atoms. The smallest absolute Gasteiger partial charge is 0.151 e. The monoisotopic (exact) mass is 190 g/mol. The maximum atomic E-state index is 10.4. The second-order valence-corrected chi connectivity index (χ2v) is 3.75. The van der Waals surface area contributed by atoms with Crippen LogP contribution in [0, 0.1) is 0 Å². The molecule has 0 radical (unpaired) electrons. The average Bonchev–Trinajstić information content (AvgIpc) is 2.65. The lowest BCUT2D eigenvalue weighted by Crippen LogP contribution is -2.27. The van der Waals surface area contributed by atoms with Gasteiger partial charge in [0.15, 0.2) is 6.29 Å². The predicted molar refractivity (Wildman–Crippen MR) is 55.7 cm³/mol. The molecule has 1 atom stereocenters. The molecule has 1 aliphatic rings. The minimum Gasteiger partial charge on any atom is -0.354 e. The fourth-order valence-corrected chi connectivity index (χ4v) is 1.91. The van der Waals surface area contributed by atoms with E-state index in [-0.39, 0.29) is 0 Å². The van der Waals surface area contributed by atoms with Gasteiger partial charge in [0.05, 0.1) is 0 Å². The minimum atomic E-state index is 0.574. The van der Waals surface area contributed by atoms with Gasteiger partial charge in [-0.1, -0.05) is 0 Å². The molecule has 3 nitrogen and oxygen atoms in total. The lowest BCUT2D eigenvalue weighted by molar-refractivity contribution is 0.112. The van der Waals surface area contributed by atoms with Gasteiger partial charge in [-0.15, -0.1) is 0 Å². The first-order valence-corrected chi connectivity index (χ1v) is 4.99. The average molecular weight is 190 g/mol. The second-order valence-electron chi connectivity index (χ2n) is 3.75. The van der Waals surface area contributed by atoms with Crippen molar-refractivity contribution >= 4 is 12.1 Å². The van der Waals surface area contributed by atoms with E-state index in [0.717, 1.165) is 18.6 Å². The van der Waals surface area contributed by atoms with Crippen molar-refractivity contribution in [3.05, 3.63) is 23.9 Å². The zero-order valence-electron chi connectivity index (χ0n) is 8.31.